The molecule has 2 rings (SSSR count). The molecule has 5 heteroatoms. The Morgan fingerprint density at radius 1 is 1.33 bits per heavy atom. The molecule has 0 bridgehead atoms. The number of nitrogens with one attached hydrogen (secondary N) is 2. The second-order valence-electron chi connectivity index (χ2n) is 5.61. The van der Waals surface area contributed by atoms with Gasteiger partial charge in [0.2, 0.25) is 0 Å². The maximum Gasteiger partial charge on any atom is 0.0672 e. The van der Waals surface area contributed by atoms with E-state index < -0.39 is 0 Å². The van der Waals surface area contributed by atoms with E-state index in [1.54, 1.807) is 6.20 Å². The van der Waals surface area contributed by atoms with Gasteiger partial charge in [-0.05, 0) is 51.5 Å². The summed E-state index contributed by atoms with van der Waals surface area (Å²) in [7, 11) is 0. The molecule has 21 heavy (non-hydrogen) atoms. The van der Waals surface area contributed by atoms with Crippen LogP contribution in [0.2, 0.25) is 0 Å². The van der Waals surface area contributed by atoms with Crippen LogP contribution >= 0.6 is 0 Å². The Labute approximate surface area is 126 Å². The third-order valence-electron chi connectivity index (χ3n) is 4.02. The second kappa shape index (κ2) is 7.31. The highest BCUT2D eigenvalue weighted by Gasteiger charge is 2.08. The lowest BCUT2D eigenvalue weighted by Crippen LogP contribution is -2.25. The molecule has 1 aromatic heterocycles. The SMILES string of the molecule is CCN(CC)CCCC(C)Nc1cc2[nH]ncc2cc1N. The normalized spacial score (nSPS) is 13.0. The number of fused-ring (bicyclic) bond motifs is 1. The summed E-state index contributed by atoms with van der Waals surface area (Å²) in [4.78, 5) is 2.46. The molecule has 0 amide bonds. The summed E-state index contributed by atoms with van der Waals surface area (Å²) in [6.07, 6.45) is 4.13. The average Bonchev–Trinajstić information content (AvgIpc) is 2.91. The summed E-state index contributed by atoms with van der Waals surface area (Å²) in [6.45, 7) is 10.0. The molecule has 1 aromatic carbocycles. The molecule has 0 saturated carbocycles. The fraction of sp³-hybridized carbons (Fsp3) is 0.562. The van der Waals surface area contributed by atoms with Gasteiger partial charge in [-0.3, -0.25) is 5.10 Å². The van der Waals surface area contributed by atoms with Crippen LogP contribution in [-0.4, -0.2) is 40.8 Å². The van der Waals surface area contributed by atoms with E-state index in [-0.39, 0.29) is 0 Å². The van der Waals surface area contributed by atoms with E-state index in [2.05, 4.69) is 41.2 Å². The van der Waals surface area contributed by atoms with Crippen molar-refractivity contribution in [2.75, 3.05) is 30.7 Å². The Bertz CT molecular complexity index is 559. The van der Waals surface area contributed by atoms with E-state index in [0.717, 1.165) is 48.3 Å². The Morgan fingerprint density at radius 2 is 2.10 bits per heavy atom. The molecule has 116 valence electrons. The lowest BCUT2D eigenvalue weighted by molar-refractivity contribution is 0.295. The highest BCUT2D eigenvalue weighted by molar-refractivity contribution is 5.88. The molecular weight excluding hydrogens is 262 g/mol. The fourth-order valence-corrected chi connectivity index (χ4v) is 2.63. The molecule has 0 spiro atoms. The van der Waals surface area contributed by atoms with Crippen molar-refractivity contribution in [3.8, 4) is 0 Å². The predicted molar refractivity (Wildman–Crippen MR) is 90.6 cm³/mol. The van der Waals surface area contributed by atoms with Crippen LogP contribution in [0.3, 0.4) is 0 Å². The smallest absolute Gasteiger partial charge is 0.0672 e. The van der Waals surface area contributed by atoms with E-state index in [9.17, 15) is 0 Å². The number of nitrogens with two attached hydrogens (primary N) is 1. The minimum Gasteiger partial charge on any atom is -0.397 e. The first-order valence-corrected chi connectivity index (χ1v) is 7.85. The van der Waals surface area contributed by atoms with E-state index in [1.165, 1.54) is 6.42 Å². The fourth-order valence-electron chi connectivity index (χ4n) is 2.63. The quantitative estimate of drug-likeness (QED) is 0.653. The number of benzene rings is 1. The third-order valence-corrected chi connectivity index (χ3v) is 4.02. The standard InChI is InChI=1S/C16H27N5/c1-4-21(5-2)8-6-7-12(3)19-16-10-15-13(9-14(16)17)11-18-20-15/h9-12,19H,4-8,17H2,1-3H3,(H,18,20). The van der Waals surface area contributed by atoms with Crippen LogP contribution in [0.1, 0.15) is 33.6 Å². The van der Waals surface area contributed by atoms with Crippen LogP contribution in [-0.2, 0) is 0 Å². The first-order chi connectivity index (χ1) is 10.1. The lowest BCUT2D eigenvalue weighted by atomic mass is 10.1. The Morgan fingerprint density at radius 3 is 2.81 bits per heavy atom. The molecule has 1 heterocycles. The lowest BCUT2D eigenvalue weighted by Gasteiger charge is -2.20. The number of rotatable bonds is 8. The summed E-state index contributed by atoms with van der Waals surface area (Å²) in [5.41, 5.74) is 8.88. The van der Waals surface area contributed by atoms with Gasteiger partial charge in [-0.25, -0.2) is 0 Å². The van der Waals surface area contributed by atoms with Crippen LogP contribution < -0.4 is 11.1 Å². The summed E-state index contributed by atoms with van der Waals surface area (Å²) in [6, 6.07) is 4.41. The second-order valence-corrected chi connectivity index (χ2v) is 5.61. The van der Waals surface area contributed by atoms with Crippen molar-refractivity contribution in [2.45, 2.75) is 39.7 Å². The number of aromatic nitrogens is 2. The minimum atomic E-state index is 0.406. The number of nitrogens with zero attached hydrogens (tertiary/aromatic N) is 2. The van der Waals surface area contributed by atoms with Crippen molar-refractivity contribution < 1.29 is 0 Å². The van der Waals surface area contributed by atoms with Crippen molar-refractivity contribution in [1.82, 2.24) is 15.1 Å². The average molecular weight is 289 g/mol. The van der Waals surface area contributed by atoms with E-state index >= 15 is 0 Å². The van der Waals surface area contributed by atoms with Crippen LogP contribution in [0.25, 0.3) is 10.9 Å². The van der Waals surface area contributed by atoms with Gasteiger partial charge < -0.3 is 16.0 Å². The molecule has 5 nitrogen and oxygen atoms in total. The van der Waals surface area contributed by atoms with Crippen LogP contribution in [0.5, 0.6) is 0 Å². The van der Waals surface area contributed by atoms with Crippen molar-refractivity contribution in [1.29, 1.82) is 0 Å². The molecular formula is C16H27N5. The van der Waals surface area contributed by atoms with Crippen molar-refractivity contribution in [3.63, 3.8) is 0 Å². The molecule has 2 aromatic rings. The van der Waals surface area contributed by atoms with E-state index in [1.807, 2.05) is 12.1 Å². The molecule has 1 atom stereocenters. The molecule has 1 unspecified atom stereocenters. The summed E-state index contributed by atoms with van der Waals surface area (Å²) in [5, 5.41) is 11.6. The number of H-pyrrole nitrogens is 1. The van der Waals surface area contributed by atoms with Gasteiger partial charge in [0.15, 0.2) is 0 Å². The number of hydrogen-bond donors (Lipinski definition) is 3. The first kappa shape index (κ1) is 15.6. The molecule has 0 aliphatic carbocycles. The van der Waals surface area contributed by atoms with Gasteiger partial charge in [-0.15, -0.1) is 0 Å². The topological polar surface area (TPSA) is 70.0 Å². The monoisotopic (exact) mass is 289 g/mol. The van der Waals surface area contributed by atoms with Crippen LogP contribution in [0, 0.1) is 0 Å². The Hall–Kier alpha value is -1.75. The van der Waals surface area contributed by atoms with Crippen molar-refractivity contribution in [3.05, 3.63) is 18.3 Å². The molecule has 0 saturated heterocycles. The molecule has 4 N–H and O–H groups in total. The maximum atomic E-state index is 6.10. The third kappa shape index (κ3) is 4.11. The Kier molecular flexibility index (Phi) is 5.44. The highest BCUT2D eigenvalue weighted by atomic mass is 15.1. The number of nitrogen functional groups attached to an aromatic ring is 1. The summed E-state index contributed by atoms with van der Waals surface area (Å²) in [5.74, 6) is 0. The van der Waals surface area contributed by atoms with Crippen molar-refractivity contribution in [2.24, 2.45) is 0 Å². The molecule has 0 fully saturated rings. The number of hydrogen-bond acceptors (Lipinski definition) is 4. The minimum absolute atomic E-state index is 0.406. The van der Waals surface area contributed by atoms with E-state index in [0.29, 0.717) is 6.04 Å². The molecule has 0 radical (unpaired) electrons. The van der Waals surface area contributed by atoms with E-state index in [4.69, 9.17) is 5.73 Å². The molecule has 0 aliphatic heterocycles. The summed E-state index contributed by atoms with van der Waals surface area (Å²) >= 11 is 0. The van der Waals surface area contributed by atoms with Crippen LogP contribution in [0.4, 0.5) is 11.4 Å². The maximum absolute atomic E-state index is 6.10. The van der Waals surface area contributed by atoms with Gasteiger partial charge >= 0.3 is 0 Å². The van der Waals surface area contributed by atoms with Gasteiger partial charge in [0, 0.05) is 11.4 Å². The predicted octanol–water partition coefficient (Wildman–Crippen LogP) is 3.07. The zero-order valence-corrected chi connectivity index (χ0v) is 13.3. The van der Waals surface area contributed by atoms with Crippen molar-refractivity contribution >= 4 is 22.3 Å². The number of aromatic amines is 1. The van der Waals surface area contributed by atoms with Crippen LogP contribution in [0.15, 0.2) is 18.3 Å². The van der Waals surface area contributed by atoms with Gasteiger partial charge in [0.1, 0.15) is 0 Å². The number of anilines is 2. The van der Waals surface area contributed by atoms with Gasteiger partial charge in [0.05, 0.1) is 23.1 Å². The van der Waals surface area contributed by atoms with Gasteiger partial charge in [0.25, 0.3) is 0 Å². The van der Waals surface area contributed by atoms with Gasteiger partial charge in [-0.1, -0.05) is 13.8 Å². The Balaban J connectivity index is 1.88. The summed E-state index contributed by atoms with van der Waals surface area (Å²) < 4.78 is 0. The first-order valence-electron chi connectivity index (χ1n) is 7.85. The molecule has 0 aliphatic rings. The highest BCUT2D eigenvalue weighted by Crippen LogP contribution is 2.25. The van der Waals surface area contributed by atoms with Gasteiger partial charge in [-0.2, -0.15) is 5.10 Å². The zero-order valence-electron chi connectivity index (χ0n) is 13.3. The largest absolute Gasteiger partial charge is 0.397 e. The zero-order chi connectivity index (χ0) is 15.2.